The van der Waals surface area contributed by atoms with Gasteiger partial charge in [-0.1, -0.05) is 18.2 Å². The normalized spacial score (nSPS) is 10.9. The number of carbonyl (C=O) groups excluding carboxylic acids is 1. The van der Waals surface area contributed by atoms with Crippen molar-refractivity contribution >= 4 is 22.6 Å². The maximum absolute atomic E-state index is 12.8. The zero-order valence-electron chi connectivity index (χ0n) is 18.5. The van der Waals surface area contributed by atoms with Crippen LogP contribution in [0, 0.1) is 0 Å². The smallest absolute Gasteiger partial charge is 0.263 e. The fourth-order valence-corrected chi connectivity index (χ4v) is 3.59. The van der Waals surface area contributed by atoms with E-state index in [1.54, 1.807) is 48.3 Å². The molecule has 4 aromatic heterocycles. The number of anilines is 1. The molecule has 5 aromatic rings. The largest absolute Gasteiger partial charge is 0.456 e. The summed E-state index contributed by atoms with van der Waals surface area (Å²) in [7, 11) is 3.48. The molecular formula is C25H20N6O3. The molecule has 1 aromatic carbocycles. The van der Waals surface area contributed by atoms with Crippen molar-refractivity contribution in [3.63, 3.8) is 0 Å². The summed E-state index contributed by atoms with van der Waals surface area (Å²) in [4.78, 5) is 34.0. The standard InChI is InChI=1S/C25H20N6O3/c1-30-12-10-20(29-30)21-14-17(9-11-26-21)34-18-7-8-23(27-15-18)28-24(32)19-13-16-5-3-4-6-22(16)31(2)25(19)33/h3-15H,1-2H3,(H,27,28,32). The van der Waals surface area contributed by atoms with Crippen LogP contribution in [0.3, 0.4) is 0 Å². The molecule has 9 nitrogen and oxygen atoms in total. The maximum Gasteiger partial charge on any atom is 0.263 e. The first kappa shape index (κ1) is 21.1. The van der Waals surface area contributed by atoms with Gasteiger partial charge in [-0.25, -0.2) is 4.98 Å². The number of amides is 1. The van der Waals surface area contributed by atoms with E-state index in [-0.39, 0.29) is 11.1 Å². The van der Waals surface area contributed by atoms with Gasteiger partial charge >= 0.3 is 0 Å². The van der Waals surface area contributed by atoms with Crippen LogP contribution in [0.15, 0.2) is 84.0 Å². The van der Waals surface area contributed by atoms with Gasteiger partial charge in [0.15, 0.2) is 0 Å². The molecule has 0 radical (unpaired) electrons. The average molecular weight is 452 g/mol. The predicted octanol–water partition coefficient (Wildman–Crippen LogP) is 3.77. The molecular weight excluding hydrogens is 432 g/mol. The van der Waals surface area contributed by atoms with E-state index in [0.29, 0.717) is 23.0 Å². The monoisotopic (exact) mass is 452 g/mol. The molecule has 0 aliphatic heterocycles. The highest BCUT2D eigenvalue weighted by molar-refractivity contribution is 6.05. The van der Waals surface area contributed by atoms with Crippen LogP contribution in [0.25, 0.3) is 22.3 Å². The molecule has 0 saturated heterocycles. The zero-order valence-corrected chi connectivity index (χ0v) is 18.5. The average Bonchev–Trinajstić information content (AvgIpc) is 3.29. The molecule has 0 fully saturated rings. The molecule has 4 heterocycles. The molecule has 9 heteroatoms. The summed E-state index contributed by atoms with van der Waals surface area (Å²) in [6, 6.07) is 17.7. The summed E-state index contributed by atoms with van der Waals surface area (Å²) in [5, 5.41) is 7.82. The summed E-state index contributed by atoms with van der Waals surface area (Å²) >= 11 is 0. The minimum atomic E-state index is -0.526. The molecule has 5 rings (SSSR count). The molecule has 0 atom stereocenters. The third-order valence-corrected chi connectivity index (χ3v) is 5.30. The first-order valence-corrected chi connectivity index (χ1v) is 10.5. The topological polar surface area (TPSA) is 104 Å². The minimum absolute atomic E-state index is 0.0437. The summed E-state index contributed by atoms with van der Waals surface area (Å²) in [5.41, 5.74) is 1.85. The molecule has 0 aliphatic rings. The number of para-hydroxylation sites is 1. The van der Waals surface area contributed by atoms with Gasteiger partial charge in [0, 0.05) is 32.6 Å². The number of pyridine rings is 3. The molecule has 0 unspecified atom stereocenters. The first-order valence-electron chi connectivity index (χ1n) is 10.5. The maximum atomic E-state index is 12.8. The van der Waals surface area contributed by atoms with Gasteiger partial charge < -0.3 is 14.6 Å². The highest BCUT2D eigenvalue weighted by Crippen LogP contribution is 2.25. The van der Waals surface area contributed by atoms with E-state index in [1.165, 1.54) is 10.8 Å². The molecule has 0 spiro atoms. The molecule has 1 amide bonds. The SMILES string of the molecule is Cn1ccc(-c2cc(Oc3ccc(NC(=O)c4cc5ccccc5n(C)c4=O)nc3)ccn2)n1. The van der Waals surface area contributed by atoms with Gasteiger partial charge in [-0.3, -0.25) is 19.3 Å². The van der Waals surface area contributed by atoms with E-state index in [1.807, 2.05) is 43.6 Å². The van der Waals surface area contributed by atoms with Gasteiger partial charge in [0.25, 0.3) is 11.5 Å². The lowest BCUT2D eigenvalue weighted by molar-refractivity contribution is 0.102. The van der Waals surface area contributed by atoms with Crippen LogP contribution in [0.2, 0.25) is 0 Å². The number of carbonyl (C=O) groups is 1. The van der Waals surface area contributed by atoms with E-state index >= 15 is 0 Å². The second-order valence-electron chi connectivity index (χ2n) is 7.67. The second kappa shape index (κ2) is 8.62. The fourth-order valence-electron chi connectivity index (χ4n) is 3.59. The van der Waals surface area contributed by atoms with Gasteiger partial charge in [0.2, 0.25) is 0 Å². The van der Waals surface area contributed by atoms with Gasteiger partial charge in [0.05, 0.1) is 17.4 Å². The van der Waals surface area contributed by atoms with Gasteiger partial charge in [0.1, 0.15) is 28.6 Å². The number of fused-ring (bicyclic) bond motifs is 1. The number of rotatable bonds is 5. The molecule has 1 N–H and O–H groups in total. The Hall–Kier alpha value is -4.79. The number of hydrogen-bond acceptors (Lipinski definition) is 6. The highest BCUT2D eigenvalue weighted by Gasteiger charge is 2.15. The number of aryl methyl sites for hydroxylation is 2. The number of aromatic nitrogens is 5. The minimum Gasteiger partial charge on any atom is -0.456 e. The van der Waals surface area contributed by atoms with Gasteiger partial charge in [-0.05, 0) is 41.8 Å². The Balaban J connectivity index is 1.32. The van der Waals surface area contributed by atoms with Crippen molar-refractivity contribution in [2.24, 2.45) is 14.1 Å². The molecule has 34 heavy (non-hydrogen) atoms. The summed E-state index contributed by atoms with van der Waals surface area (Å²) in [6.07, 6.45) is 4.98. The number of nitrogens with zero attached hydrogens (tertiary/aromatic N) is 5. The lowest BCUT2D eigenvalue weighted by Crippen LogP contribution is -2.28. The lowest BCUT2D eigenvalue weighted by atomic mass is 10.1. The van der Waals surface area contributed by atoms with Gasteiger partial charge in [-0.2, -0.15) is 5.10 Å². The fraction of sp³-hybridized carbons (Fsp3) is 0.0800. The first-order chi connectivity index (χ1) is 16.5. The lowest BCUT2D eigenvalue weighted by Gasteiger charge is -2.10. The van der Waals surface area contributed by atoms with Crippen LogP contribution in [0.5, 0.6) is 11.5 Å². The third kappa shape index (κ3) is 4.14. The van der Waals surface area contributed by atoms with E-state index < -0.39 is 5.91 Å². The molecule has 0 aliphatic carbocycles. The van der Waals surface area contributed by atoms with Crippen molar-refractivity contribution in [1.29, 1.82) is 0 Å². The summed E-state index contributed by atoms with van der Waals surface area (Å²) in [6.45, 7) is 0. The predicted molar refractivity (Wildman–Crippen MR) is 128 cm³/mol. The van der Waals surface area contributed by atoms with E-state index in [2.05, 4.69) is 20.4 Å². The third-order valence-electron chi connectivity index (χ3n) is 5.30. The van der Waals surface area contributed by atoms with E-state index in [4.69, 9.17) is 4.74 Å². The van der Waals surface area contributed by atoms with Crippen molar-refractivity contribution < 1.29 is 9.53 Å². The summed E-state index contributed by atoms with van der Waals surface area (Å²) < 4.78 is 9.04. The van der Waals surface area contributed by atoms with Crippen LogP contribution < -0.4 is 15.6 Å². The Morgan fingerprint density at radius 1 is 0.941 bits per heavy atom. The zero-order chi connectivity index (χ0) is 23.7. The summed E-state index contributed by atoms with van der Waals surface area (Å²) in [5.74, 6) is 0.838. The molecule has 168 valence electrons. The Morgan fingerprint density at radius 3 is 2.56 bits per heavy atom. The molecule has 0 saturated carbocycles. The number of benzene rings is 1. The Labute approximate surface area is 194 Å². The number of hydrogen-bond donors (Lipinski definition) is 1. The Kier molecular flexibility index (Phi) is 5.35. The van der Waals surface area contributed by atoms with Crippen molar-refractivity contribution in [1.82, 2.24) is 24.3 Å². The van der Waals surface area contributed by atoms with Gasteiger partial charge in [-0.15, -0.1) is 0 Å². The highest BCUT2D eigenvalue weighted by atomic mass is 16.5. The van der Waals surface area contributed by atoms with Crippen LogP contribution in [-0.2, 0) is 14.1 Å². The quantitative estimate of drug-likeness (QED) is 0.435. The number of ether oxygens (including phenoxy) is 1. The van der Waals surface area contributed by atoms with Crippen LogP contribution in [-0.4, -0.2) is 30.2 Å². The second-order valence-corrected chi connectivity index (χ2v) is 7.67. The van der Waals surface area contributed by atoms with Crippen LogP contribution in [0.1, 0.15) is 10.4 Å². The van der Waals surface area contributed by atoms with Crippen molar-refractivity contribution in [3.05, 3.63) is 95.2 Å². The van der Waals surface area contributed by atoms with Crippen LogP contribution >= 0.6 is 0 Å². The molecule has 0 bridgehead atoms. The van der Waals surface area contributed by atoms with Crippen molar-refractivity contribution in [2.75, 3.05) is 5.32 Å². The Morgan fingerprint density at radius 2 is 1.79 bits per heavy atom. The van der Waals surface area contributed by atoms with Crippen LogP contribution in [0.4, 0.5) is 5.82 Å². The Bertz CT molecular complexity index is 1570. The van der Waals surface area contributed by atoms with Crippen molar-refractivity contribution in [3.8, 4) is 22.9 Å². The number of nitrogens with one attached hydrogen (secondary N) is 1. The van der Waals surface area contributed by atoms with E-state index in [9.17, 15) is 9.59 Å². The van der Waals surface area contributed by atoms with Crippen molar-refractivity contribution in [2.45, 2.75) is 0 Å². The van der Waals surface area contributed by atoms with E-state index in [0.717, 1.165) is 16.6 Å².